The van der Waals surface area contributed by atoms with Crippen LogP contribution in [-0.4, -0.2) is 34.7 Å². The summed E-state index contributed by atoms with van der Waals surface area (Å²) in [5.74, 6) is -1.01. The van der Waals surface area contributed by atoms with Gasteiger partial charge in [0, 0.05) is 30.8 Å². The maximum absolute atomic E-state index is 12.6. The molecular formula is C23H24N4O4. The van der Waals surface area contributed by atoms with Crippen LogP contribution in [0.25, 0.3) is 0 Å². The molecule has 2 aromatic rings. The van der Waals surface area contributed by atoms with Crippen molar-refractivity contribution in [2.45, 2.75) is 45.8 Å². The molecule has 5 amide bonds. The molecule has 2 aliphatic heterocycles. The van der Waals surface area contributed by atoms with E-state index in [2.05, 4.69) is 16.0 Å². The van der Waals surface area contributed by atoms with Gasteiger partial charge in [0.1, 0.15) is 0 Å². The lowest BCUT2D eigenvalue weighted by atomic mass is 10.0. The lowest BCUT2D eigenvalue weighted by molar-refractivity contribution is -0.137. The van der Waals surface area contributed by atoms with E-state index in [9.17, 15) is 19.2 Å². The van der Waals surface area contributed by atoms with Crippen molar-refractivity contribution in [2.24, 2.45) is 0 Å². The number of rotatable bonds is 3. The molecule has 1 unspecified atom stereocenters. The van der Waals surface area contributed by atoms with E-state index in [1.54, 1.807) is 12.1 Å². The first kappa shape index (κ1) is 20.7. The first-order valence-corrected chi connectivity index (χ1v) is 10.2. The molecule has 1 fully saturated rings. The van der Waals surface area contributed by atoms with E-state index in [1.165, 1.54) is 0 Å². The number of hydrogen-bond donors (Lipinski definition) is 3. The number of carbonyl (C=O) groups excluding carboxylic acids is 4. The summed E-state index contributed by atoms with van der Waals surface area (Å²) in [5.41, 5.74) is 4.99. The van der Waals surface area contributed by atoms with Crippen LogP contribution in [0, 0.1) is 13.8 Å². The molecule has 0 bridgehead atoms. The summed E-state index contributed by atoms with van der Waals surface area (Å²) in [6.07, 6.45) is 0.817. The average molecular weight is 420 g/mol. The molecular weight excluding hydrogens is 396 g/mol. The Morgan fingerprint density at radius 1 is 1.00 bits per heavy atom. The first-order chi connectivity index (χ1) is 14.8. The van der Waals surface area contributed by atoms with Crippen LogP contribution in [0.3, 0.4) is 0 Å². The van der Waals surface area contributed by atoms with Gasteiger partial charge < -0.3 is 5.32 Å². The molecule has 3 N–H and O–H groups in total. The highest BCUT2D eigenvalue weighted by Crippen LogP contribution is 2.28. The molecule has 8 nitrogen and oxygen atoms in total. The fourth-order valence-corrected chi connectivity index (χ4v) is 4.20. The minimum atomic E-state index is -0.597. The second kappa shape index (κ2) is 8.31. The Bertz CT molecular complexity index is 1070. The largest absolute Gasteiger partial charge is 0.326 e. The molecule has 8 heteroatoms. The molecule has 0 saturated carbocycles. The molecule has 1 atom stereocenters. The van der Waals surface area contributed by atoms with Gasteiger partial charge in [-0.2, -0.15) is 0 Å². The second-order valence-corrected chi connectivity index (χ2v) is 8.14. The van der Waals surface area contributed by atoms with Crippen molar-refractivity contribution in [1.82, 2.24) is 15.5 Å². The smallest absolute Gasteiger partial charge is 0.308 e. The fraction of sp³-hybridized carbons (Fsp3) is 0.304. The summed E-state index contributed by atoms with van der Waals surface area (Å²) < 4.78 is 0. The second-order valence-electron chi connectivity index (χ2n) is 8.14. The van der Waals surface area contributed by atoms with Crippen molar-refractivity contribution in [3.05, 3.63) is 64.2 Å². The maximum Gasteiger partial charge on any atom is 0.326 e. The van der Waals surface area contributed by atoms with E-state index < -0.39 is 11.9 Å². The van der Waals surface area contributed by atoms with Gasteiger partial charge in [0.05, 0.1) is 6.04 Å². The van der Waals surface area contributed by atoms with Gasteiger partial charge >= 0.3 is 6.03 Å². The normalized spacial score (nSPS) is 18.3. The van der Waals surface area contributed by atoms with Gasteiger partial charge in [-0.25, -0.2) is 4.79 Å². The van der Waals surface area contributed by atoms with Gasteiger partial charge in [-0.05, 0) is 66.8 Å². The van der Waals surface area contributed by atoms with Crippen LogP contribution in [0.4, 0.5) is 10.5 Å². The standard InChI is InChI=1S/C23H24N4O4/c1-13-7-14(2)9-18(8-13)24-23(31)26-21(29)15-3-4-16-11-27(12-17(16)10-15)19-5-6-20(28)25-22(19)30/h3-4,7-10,19H,5-6,11-12H2,1-2H3,(H,25,28,30)(H2,24,26,29,31). The Balaban J connectivity index is 1.39. The zero-order chi connectivity index (χ0) is 22.1. The van der Waals surface area contributed by atoms with Crippen molar-refractivity contribution in [3.63, 3.8) is 0 Å². The van der Waals surface area contributed by atoms with Crippen LogP contribution in [0.5, 0.6) is 0 Å². The van der Waals surface area contributed by atoms with Gasteiger partial charge in [-0.1, -0.05) is 12.1 Å². The molecule has 160 valence electrons. The molecule has 0 spiro atoms. The number of nitrogens with zero attached hydrogens (tertiary/aromatic N) is 1. The molecule has 2 heterocycles. The Hall–Kier alpha value is -3.52. The van der Waals surface area contributed by atoms with Crippen molar-refractivity contribution in [2.75, 3.05) is 5.32 Å². The number of imide groups is 2. The minimum Gasteiger partial charge on any atom is -0.308 e. The number of urea groups is 1. The van der Waals surface area contributed by atoms with Crippen molar-refractivity contribution >= 4 is 29.4 Å². The number of carbonyl (C=O) groups is 4. The molecule has 31 heavy (non-hydrogen) atoms. The minimum absolute atomic E-state index is 0.240. The number of fused-ring (bicyclic) bond motifs is 1. The van der Waals surface area contributed by atoms with Crippen LogP contribution < -0.4 is 16.0 Å². The highest BCUT2D eigenvalue weighted by molar-refractivity contribution is 6.08. The lowest BCUT2D eigenvalue weighted by Crippen LogP contribution is -2.50. The number of hydrogen-bond acceptors (Lipinski definition) is 5. The van der Waals surface area contributed by atoms with Gasteiger partial charge in [0.2, 0.25) is 11.8 Å². The van der Waals surface area contributed by atoms with Gasteiger partial charge in [-0.15, -0.1) is 0 Å². The van der Waals surface area contributed by atoms with E-state index in [4.69, 9.17) is 0 Å². The summed E-state index contributed by atoms with van der Waals surface area (Å²) in [6, 6.07) is 9.97. The van der Waals surface area contributed by atoms with Gasteiger partial charge in [-0.3, -0.25) is 29.9 Å². The summed E-state index contributed by atoms with van der Waals surface area (Å²) in [6.45, 7) is 4.96. The number of amides is 5. The van der Waals surface area contributed by atoms with Crippen molar-refractivity contribution in [1.29, 1.82) is 0 Å². The number of piperidine rings is 1. The number of benzene rings is 2. The fourth-order valence-electron chi connectivity index (χ4n) is 4.20. The maximum atomic E-state index is 12.6. The van der Waals surface area contributed by atoms with Gasteiger partial charge in [0.25, 0.3) is 5.91 Å². The van der Waals surface area contributed by atoms with Crippen LogP contribution in [-0.2, 0) is 22.7 Å². The van der Waals surface area contributed by atoms with E-state index in [1.807, 2.05) is 43.0 Å². The summed E-state index contributed by atoms with van der Waals surface area (Å²) in [5, 5.41) is 7.42. The first-order valence-electron chi connectivity index (χ1n) is 10.2. The zero-order valence-corrected chi connectivity index (χ0v) is 17.5. The SMILES string of the molecule is Cc1cc(C)cc(NC(=O)NC(=O)c2ccc3c(c2)CN(C2CCC(=O)NC2=O)C3)c1. The monoisotopic (exact) mass is 420 g/mol. The quantitative estimate of drug-likeness (QED) is 0.661. The Morgan fingerprint density at radius 3 is 2.42 bits per heavy atom. The van der Waals surface area contributed by atoms with E-state index in [0.717, 1.165) is 22.3 Å². The Morgan fingerprint density at radius 2 is 1.71 bits per heavy atom. The van der Waals surface area contributed by atoms with Gasteiger partial charge in [0.15, 0.2) is 0 Å². The third kappa shape index (κ3) is 4.64. The predicted octanol–water partition coefficient (Wildman–Crippen LogP) is 2.39. The highest BCUT2D eigenvalue weighted by Gasteiger charge is 2.34. The molecule has 0 radical (unpaired) electrons. The summed E-state index contributed by atoms with van der Waals surface area (Å²) >= 11 is 0. The van der Waals surface area contributed by atoms with E-state index >= 15 is 0 Å². The molecule has 2 aromatic carbocycles. The Kier molecular flexibility index (Phi) is 5.56. The number of aryl methyl sites for hydroxylation is 2. The average Bonchev–Trinajstić information content (AvgIpc) is 3.09. The predicted molar refractivity (Wildman–Crippen MR) is 114 cm³/mol. The van der Waals surface area contributed by atoms with E-state index in [-0.39, 0.29) is 17.9 Å². The Labute approximate surface area is 180 Å². The lowest BCUT2D eigenvalue weighted by Gasteiger charge is -2.29. The third-order valence-electron chi connectivity index (χ3n) is 5.57. The number of nitrogens with one attached hydrogen (secondary N) is 3. The summed E-state index contributed by atoms with van der Waals surface area (Å²) in [4.78, 5) is 50.3. The molecule has 0 aromatic heterocycles. The zero-order valence-electron chi connectivity index (χ0n) is 17.5. The van der Waals surface area contributed by atoms with Crippen LogP contribution in [0.1, 0.15) is 45.5 Å². The summed E-state index contributed by atoms with van der Waals surface area (Å²) in [7, 11) is 0. The highest BCUT2D eigenvalue weighted by atomic mass is 16.2. The van der Waals surface area contributed by atoms with Crippen LogP contribution in [0.15, 0.2) is 36.4 Å². The molecule has 1 saturated heterocycles. The number of anilines is 1. The van der Waals surface area contributed by atoms with E-state index in [0.29, 0.717) is 37.2 Å². The third-order valence-corrected chi connectivity index (χ3v) is 5.57. The van der Waals surface area contributed by atoms with Crippen molar-refractivity contribution < 1.29 is 19.2 Å². The molecule has 4 rings (SSSR count). The van der Waals surface area contributed by atoms with Crippen LogP contribution in [0.2, 0.25) is 0 Å². The van der Waals surface area contributed by atoms with Crippen molar-refractivity contribution in [3.8, 4) is 0 Å². The molecule has 2 aliphatic rings. The topological polar surface area (TPSA) is 108 Å². The molecule has 0 aliphatic carbocycles. The van der Waals surface area contributed by atoms with Crippen LogP contribution >= 0.6 is 0 Å².